The average molecular weight is 219 g/mol. The highest BCUT2D eigenvalue weighted by atomic mass is 15.0. The van der Waals surface area contributed by atoms with Gasteiger partial charge in [0.15, 0.2) is 0 Å². The molecule has 0 bridgehead atoms. The molecule has 0 fully saturated rings. The van der Waals surface area contributed by atoms with Crippen LogP contribution in [0.2, 0.25) is 0 Å². The minimum Gasteiger partial charge on any atom is -0.305 e. The fourth-order valence-corrected chi connectivity index (χ4v) is 2.17. The van der Waals surface area contributed by atoms with Crippen LogP contribution in [0.3, 0.4) is 0 Å². The molecule has 0 radical (unpaired) electrons. The van der Waals surface area contributed by atoms with Gasteiger partial charge in [0.1, 0.15) is 0 Å². The summed E-state index contributed by atoms with van der Waals surface area (Å²) in [5.74, 6) is 0.691. The molecule has 0 spiro atoms. The van der Waals surface area contributed by atoms with Gasteiger partial charge in [0.05, 0.1) is 0 Å². The molecular weight excluding hydrogens is 194 g/mol. The highest BCUT2D eigenvalue weighted by Gasteiger charge is 2.09. The van der Waals surface area contributed by atoms with Crippen molar-refractivity contribution in [3.05, 3.63) is 35.4 Å². The summed E-state index contributed by atoms with van der Waals surface area (Å²) < 4.78 is 0. The minimum absolute atomic E-state index is 0.691. The molecule has 1 rings (SSSR count). The first-order valence-corrected chi connectivity index (χ1v) is 6.37. The second kappa shape index (κ2) is 6.70. The van der Waals surface area contributed by atoms with Crippen LogP contribution in [0, 0.1) is 0 Å². The summed E-state index contributed by atoms with van der Waals surface area (Å²) in [4.78, 5) is 2.24. The van der Waals surface area contributed by atoms with Crippen molar-refractivity contribution in [3.8, 4) is 0 Å². The van der Waals surface area contributed by atoms with E-state index in [1.54, 1.807) is 0 Å². The number of benzene rings is 1. The summed E-state index contributed by atoms with van der Waals surface area (Å²) in [7, 11) is 4.26. The van der Waals surface area contributed by atoms with Crippen LogP contribution in [0.25, 0.3) is 0 Å². The molecule has 0 aliphatic rings. The van der Waals surface area contributed by atoms with Gasteiger partial charge in [-0.25, -0.2) is 0 Å². The maximum absolute atomic E-state index is 2.35. The van der Waals surface area contributed by atoms with Crippen molar-refractivity contribution in [2.45, 2.75) is 45.6 Å². The molecule has 0 heterocycles. The third-order valence-electron chi connectivity index (χ3n) is 3.06. The van der Waals surface area contributed by atoms with Crippen LogP contribution in [-0.4, -0.2) is 19.0 Å². The minimum atomic E-state index is 0.691. The zero-order chi connectivity index (χ0) is 12.0. The second-order valence-corrected chi connectivity index (χ2v) is 4.98. The van der Waals surface area contributed by atoms with Crippen LogP contribution in [0.5, 0.6) is 0 Å². The summed E-state index contributed by atoms with van der Waals surface area (Å²) in [5.41, 5.74) is 3.01. The molecule has 0 aliphatic heterocycles. The molecule has 16 heavy (non-hydrogen) atoms. The summed E-state index contributed by atoms with van der Waals surface area (Å²) in [5, 5.41) is 0. The van der Waals surface area contributed by atoms with Crippen molar-refractivity contribution in [1.82, 2.24) is 4.90 Å². The summed E-state index contributed by atoms with van der Waals surface area (Å²) in [6.07, 6.45) is 3.93. The van der Waals surface area contributed by atoms with E-state index in [4.69, 9.17) is 0 Å². The van der Waals surface area contributed by atoms with E-state index in [9.17, 15) is 0 Å². The molecule has 0 aromatic heterocycles. The number of nitrogens with zero attached hydrogens (tertiary/aromatic N) is 1. The standard InChI is InChI=1S/C15H25N/c1-5-6-9-13(2)15-11-8-7-10-14(15)12-16(3)4/h7-8,10-11,13H,5-6,9,12H2,1-4H3. The van der Waals surface area contributed by atoms with E-state index in [2.05, 4.69) is 57.1 Å². The van der Waals surface area contributed by atoms with Crippen LogP contribution in [0.4, 0.5) is 0 Å². The monoisotopic (exact) mass is 219 g/mol. The quantitative estimate of drug-likeness (QED) is 0.698. The van der Waals surface area contributed by atoms with Gasteiger partial charge in [-0.3, -0.25) is 0 Å². The molecule has 1 nitrogen and oxygen atoms in total. The zero-order valence-corrected chi connectivity index (χ0v) is 11.2. The predicted molar refractivity (Wildman–Crippen MR) is 71.8 cm³/mol. The Bertz CT molecular complexity index is 304. The molecular formula is C15H25N. The second-order valence-electron chi connectivity index (χ2n) is 4.98. The van der Waals surface area contributed by atoms with Crippen LogP contribution in [-0.2, 0) is 6.54 Å². The number of hydrogen-bond donors (Lipinski definition) is 0. The lowest BCUT2D eigenvalue weighted by molar-refractivity contribution is 0.399. The Hall–Kier alpha value is -0.820. The normalized spacial score (nSPS) is 13.1. The van der Waals surface area contributed by atoms with Crippen molar-refractivity contribution >= 4 is 0 Å². The molecule has 1 atom stereocenters. The number of rotatable bonds is 6. The number of unbranched alkanes of at least 4 members (excludes halogenated alkanes) is 1. The van der Waals surface area contributed by atoms with Crippen LogP contribution in [0.15, 0.2) is 24.3 Å². The van der Waals surface area contributed by atoms with E-state index in [0.717, 1.165) is 6.54 Å². The largest absolute Gasteiger partial charge is 0.305 e. The average Bonchev–Trinajstić information content (AvgIpc) is 2.26. The first-order chi connectivity index (χ1) is 7.65. The van der Waals surface area contributed by atoms with Crippen molar-refractivity contribution in [2.75, 3.05) is 14.1 Å². The fraction of sp³-hybridized carbons (Fsp3) is 0.600. The van der Waals surface area contributed by atoms with Crippen molar-refractivity contribution < 1.29 is 0 Å². The van der Waals surface area contributed by atoms with E-state index in [1.165, 1.54) is 30.4 Å². The van der Waals surface area contributed by atoms with Crippen LogP contribution >= 0.6 is 0 Å². The van der Waals surface area contributed by atoms with E-state index in [1.807, 2.05) is 0 Å². The maximum Gasteiger partial charge on any atom is 0.0230 e. The van der Waals surface area contributed by atoms with Gasteiger partial charge in [-0.1, -0.05) is 51.0 Å². The Labute approximate surface area is 100 Å². The smallest absolute Gasteiger partial charge is 0.0230 e. The van der Waals surface area contributed by atoms with Gasteiger partial charge in [0.2, 0.25) is 0 Å². The Balaban J connectivity index is 2.76. The molecule has 90 valence electrons. The lowest BCUT2D eigenvalue weighted by atomic mass is 9.91. The van der Waals surface area contributed by atoms with Gasteiger partial charge in [-0.2, -0.15) is 0 Å². The number of hydrogen-bond acceptors (Lipinski definition) is 1. The molecule has 1 aromatic carbocycles. The van der Waals surface area contributed by atoms with Crippen molar-refractivity contribution in [1.29, 1.82) is 0 Å². The lowest BCUT2D eigenvalue weighted by Gasteiger charge is -2.18. The van der Waals surface area contributed by atoms with Gasteiger partial charge < -0.3 is 4.90 Å². The van der Waals surface area contributed by atoms with Gasteiger partial charge in [-0.15, -0.1) is 0 Å². The maximum atomic E-state index is 2.35. The molecule has 0 saturated heterocycles. The van der Waals surface area contributed by atoms with Gasteiger partial charge in [0, 0.05) is 6.54 Å². The molecule has 1 heteroatoms. The first-order valence-electron chi connectivity index (χ1n) is 6.37. The summed E-state index contributed by atoms with van der Waals surface area (Å²) in [6.45, 7) is 5.66. The van der Waals surface area contributed by atoms with Crippen molar-refractivity contribution in [2.24, 2.45) is 0 Å². The Kier molecular flexibility index (Phi) is 5.54. The molecule has 0 amide bonds. The van der Waals surface area contributed by atoms with Gasteiger partial charge >= 0.3 is 0 Å². The predicted octanol–water partition coefficient (Wildman–Crippen LogP) is 4.04. The highest BCUT2D eigenvalue weighted by Crippen LogP contribution is 2.25. The highest BCUT2D eigenvalue weighted by molar-refractivity contribution is 5.29. The first kappa shape index (κ1) is 13.2. The molecule has 0 N–H and O–H groups in total. The van der Waals surface area contributed by atoms with Crippen molar-refractivity contribution in [3.63, 3.8) is 0 Å². The SMILES string of the molecule is CCCCC(C)c1ccccc1CN(C)C. The molecule has 0 aliphatic carbocycles. The molecule has 1 aromatic rings. The Morgan fingerprint density at radius 3 is 2.50 bits per heavy atom. The van der Waals surface area contributed by atoms with Gasteiger partial charge in [0.25, 0.3) is 0 Å². The fourth-order valence-electron chi connectivity index (χ4n) is 2.17. The third-order valence-corrected chi connectivity index (χ3v) is 3.06. The lowest BCUT2D eigenvalue weighted by Crippen LogP contribution is -2.13. The zero-order valence-electron chi connectivity index (χ0n) is 11.2. The van der Waals surface area contributed by atoms with Gasteiger partial charge in [-0.05, 0) is 37.6 Å². The van der Waals surface area contributed by atoms with Crippen LogP contribution < -0.4 is 0 Å². The van der Waals surface area contributed by atoms with E-state index in [0.29, 0.717) is 5.92 Å². The Morgan fingerprint density at radius 2 is 1.88 bits per heavy atom. The van der Waals surface area contributed by atoms with E-state index in [-0.39, 0.29) is 0 Å². The topological polar surface area (TPSA) is 3.24 Å². The summed E-state index contributed by atoms with van der Waals surface area (Å²) >= 11 is 0. The third kappa shape index (κ3) is 3.97. The van der Waals surface area contributed by atoms with E-state index < -0.39 is 0 Å². The molecule has 0 saturated carbocycles. The Morgan fingerprint density at radius 1 is 1.19 bits per heavy atom. The van der Waals surface area contributed by atoms with E-state index >= 15 is 0 Å². The molecule has 1 unspecified atom stereocenters. The van der Waals surface area contributed by atoms with Crippen LogP contribution in [0.1, 0.15) is 50.2 Å². The summed E-state index contributed by atoms with van der Waals surface area (Å²) in [6, 6.07) is 8.86.